The number of hydrogen-bond acceptors (Lipinski definition) is 3. The molecule has 0 unspecified atom stereocenters. The van der Waals surface area contributed by atoms with Gasteiger partial charge in [-0.15, -0.1) is 0 Å². The second kappa shape index (κ2) is 5.64. The first-order valence-electron chi connectivity index (χ1n) is 5.84. The summed E-state index contributed by atoms with van der Waals surface area (Å²) < 4.78 is 5.19. The van der Waals surface area contributed by atoms with Crippen LogP contribution in [0.25, 0.3) is 0 Å². The van der Waals surface area contributed by atoms with E-state index in [-0.39, 0.29) is 12.3 Å². The molecule has 0 aromatic heterocycles. The van der Waals surface area contributed by atoms with Crippen LogP contribution in [-0.4, -0.2) is 48.2 Å². The van der Waals surface area contributed by atoms with E-state index in [1.807, 2.05) is 0 Å². The molecule has 1 aromatic rings. The highest BCUT2D eigenvalue weighted by Gasteiger charge is 2.18. The zero-order valence-corrected chi connectivity index (χ0v) is 9.96. The van der Waals surface area contributed by atoms with Crippen molar-refractivity contribution in [3.8, 4) is 0 Å². The molecule has 0 saturated carbocycles. The van der Waals surface area contributed by atoms with Gasteiger partial charge in [0.25, 0.3) is 5.91 Å². The Kier molecular flexibility index (Phi) is 3.94. The standard InChI is InChI=1S/C13H15NO4/c15-12(16)9-10-1-3-11(4-2-10)13(17)14-5-7-18-8-6-14/h1-4H,5-9H2,(H,15,16). The molecule has 0 spiro atoms. The van der Waals surface area contributed by atoms with Crippen molar-refractivity contribution in [3.63, 3.8) is 0 Å². The quantitative estimate of drug-likeness (QED) is 0.860. The first kappa shape index (κ1) is 12.6. The summed E-state index contributed by atoms with van der Waals surface area (Å²) in [5.74, 6) is -0.901. The predicted molar refractivity (Wildman–Crippen MR) is 64.5 cm³/mol. The molecule has 18 heavy (non-hydrogen) atoms. The van der Waals surface area contributed by atoms with Crippen LogP contribution in [0, 0.1) is 0 Å². The summed E-state index contributed by atoms with van der Waals surface area (Å²) in [5, 5.41) is 8.66. The van der Waals surface area contributed by atoms with Gasteiger partial charge in [0.2, 0.25) is 0 Å². The molecule has 1 N–H and O–H groups in total. The van der Waals surface area contributed by atoms with Gasteiger partial charge < -0.3 is 14.7 Å². The van der Waals surface area contributed by atoms with E-state index in [0.29, 0.717) is 37.4 Å². The molecule has 1 fully saturated rings. The zero-order chi connectivity index (χ0) is 13.0. The molecular weight excluding hydrogens is 234 g/mol. The lowest BCUT2D eigenvalue weighted by atomic mass is 10.1. The summed E-state index contributed by atoms with van der Waals surface area (Å²) in [6, 6.07) is 6.72. The van der Waals surface area contributed by atoms with Gasteiger partial charge >= 0.3 is 5.97 Å². The first-order chi connectivity index (χ1) is 8.66. The van der Waals surface area contributed by atoms with E-state index in [2.05, 4.69) is 0 Å². The molecule has 96 valence electrons. The van der Waals surface area contributed by atoms with Gasteiger partial charge in [0.15, 0.2) is 0 Å². The molecular formula is C13H15NO4. The fraction of sp³-hybridized carbons (Fsp3) is 0.385. The van der Waals surface area contributed by atoms with E-state index < -0.39 is 5.97 Å². The third kappa shape index (κ3) is 3.07. The Morgan fingerprint density at radius 1 is 1.17 bits per heavy atom. The van der Waals surface area contributed by atoms with Crippen LogP contribution in [0.15, 0.2) is 24.3 Å². The van der Waals surface area contributed by atoms with Crippen LogP contribution >= 0.6 is 0 Å². The minimum absolute atomic E-state index is 0.0218. The first-order valence-corrected chi connectivity index (χ1v) is 5.84. The van der Waals surface area contributed by atoms with Crippen molar-refractivity contribution in [2.45, 2.75) is 6.42 Å². The molecule has 0 atom stereocenters. The lowest BCUT2D eigenvalue weighted by molar-refractivity contribution is -0.136. The van der Waals surface area contributed by atoms with Gasteiger partial charge in [-0.25, -0.2) is 0 Å². The number of hydrogen-bond donors (Lipinski definition) is 1. The topological polar surface area (TPSA) is 66.8 Å². The maximum absolute atomic E-state index is 12.1. The van der Waals surface area contributed by atoms with Gasteiger partial charge in [0.05, 0.1) is 19.6 Å². The Morgan fingerprint density at radius 2 is 1.78 bits per heavy atom. The molecule has 1 heterocycles. The number of amides is 1. The fourth-order valence-electron chi connectivity index (χ4n) is 1.89. The van der Waals surface area contributed by atoms with Gasteiger partial charge in [0.1, 0.15) is 0 Å². The smallest absolute Gasteiger partial charge is 0.307 e. The Hall–Kier alpha value is -1.88. The van der Waals surface area contributed by atoms with Crippen LogP contribution in [0.2, 0.25) is 0 Å². The Bertz CT molecular complexity index is 435. The summed E-state index contributed by atoms with van der Waals surface area (Å²) in [4.78, 5) is 24.4. The van der Waals surface area contributed by atoms with E-state index in [0.717, 1.165) is 0 Å². The summed E-state index contributed by atoms with van der Waals surface area (Å²) in [5.41, 5.74) is 1.28. The van der Waals surface area contributed by atoms with Crippen LogP contribution in [0.5, 0.6) is 0 Å². The molecule has 5 heteroatoms. The van der Waals surface area contributed by atoms with Crippen molar-refractivity contribution in [3.05, 3.63) is 35.4 Å². The van der Waals surface area contributed by atoms with Gasteiger partial charge in [-0.05, 0) is 17.7 Å². The predicted octanol–water partition coefficient (Wildman–Crippen LogP) is 0.786. The number of carbonyl (C=O) groups excluding carboxylic acids is 1. The average Bonchev–Trinajstić information content (AvgIpc) is 2.39. The van der Waals surface area contributed by atoms with E-state index in [1.54, 1.807) is 29.2 Å². The van der Waals surface area contributed by atoms with Crippen molar-refractivity contribution in [1.82, 2.24) is 4.90 Å². The summed E-state index contributed by atoms with van der Waals surface area (Å²) in [7, 11) is 0. The Morgan fingerprint density at radius 3 is 2.33 bits per heavy atom. The minimum Gasteiger partial charge on any atom is -0.481 e. The number of morpholine rings is 1. The molecule has 0 radical (unpaired) electrons. The molecule has 1 aliphatic heterocycles. The number of carboxylic acids is 1. The molecule has 2 rings (SSSR count). The number of ether oxygens (including phenoxy) is 1. The molecule has 1 aliphatic rings. The SMILES string of the molecule is O=C(O)Cc1ccc(C(=O)N2CCOCC2)cc1. The maximum atomic E-state index is 12.1. The molecule has 1 amide bonds. The summed E-state index contributed by atoms with van der Waals surface area (Å²) in [6.07, 6.45) is -0.0218. The second-order valence-corrected chi connectivity index (χ2v) is 4.17. The van der Waals surface area contributed by atoms with Crippen LogP contribution in [0.4, 0.5) is 0 Å². The van der Waals surface area contributed by atoms with Crippen LogP contribution in [-0.2, 0) is 16.0 Å². The van der Waals surface area contributed by atoms with E-state index >= 15 is 0 Å². The third-order valence-electron chi connectivity index (χ3n) is 2.85. The lowest BCUT2D eigenvalue weighted by Gasteiger charge is -2.26. The monoisotopic (exact) mass is 249 g/mol. The highest BCUT2D eigenvalue weighted by atomic mass is 16.5. The lowest BCUT2D eigenvalue weighted by Crippen LogP contribution is -2.40. The van der Waals surface area contributed by atoms with Crippen LogP contribution in [0.3, 0.4) is 0 Å². The van der Waals surface area contributed by atoms with E-state index in [4.69, 9.17) is 9.84 Å². The molecule has 0 bridgehead atoms. The largest absolute Gasteiger partial charge is 0.481 e. The number of benzene rings is 1. The van der Waals surface area contributed by atoms with Gasteiger partial charge in [-0.1, -0.05) is 12.1 Å². The normalized spacial score (nSPS) is 15.4. The van der Waals surface area contributed by atoms with Crippen LogP contribution < -0.4 is 0 Å². The summed E-state index contributed by atoms with van der Waals surface area (Å²) in [6.45, 7) is 2.36. The minimum atomic E-state index is -0.873. The van der Waals surface area contributed by atoms with Crippen molar-refractivity contribution >= 4 is 11.9 Å². The van der Waals surface area contributed by atoms with Gasteiger partial charge in [0, 0.05) is 18.7 Å². The number of aliphatic carboxylic acids is 1. The number of carbonyl (C=O) groups is 2. The van der Waals surface area contributed by atoms with Crippen molar-refractivity contribution < 1.29 is 19.4 Å². The zero-order valence-electron chi connectivity index (χ0n) is 9.96. The fourth-order valence-corrected chi connectivity index (χ4v) is 1.89. The molecule has 0 aliphatic carbocycles. The van der Waals surface area contributed by atoms with E-state index in [9.17, 15) is 9.59 Å². The Labute approximate surface area is 105 Å². The number of carboxylic acid groups (broad SMARTS) is 1. The third-order valence-corrected chi connectivity index (χ3v) is 2.85. The van der Waals surface area contributed by atoms with Crippen molar-refractivity contribution in [2.75, 3.05) is 26.3 Å². The van der Waals surface area contributed by atoms with Gasteiger partial charge in [-0.2, -0.15) is 0 Å². The molecule has 5 nitrogen and oxygen atoms in total. The summed E-state index contributed by atoms with van der Waals surface area (Å²) >= 11 is 0. The highest BCUT2D eigenvalue weighted by Crippen LogP contribution is 2.10. The molecule has 1 saturated heterocycles. The van der Waals surface area contributed by atoms with Gasteiger partial charge in [-0.3, -0.25) is 9.59 Å². The second-order valence-electron chi connectivity index (χ2n) is 4.17. The molecule has 1 aromatic carbocycles. The van der Waals surface area contributed by atoms with E-state index in [1.165, 1.54) is 0 Å². The van der Waals surface area contributed by atoms with Crippen molar-refractivity contribution in [1.29, 1.82) is 0 Å². The number of rotatable bonds is 3. The average molecular weight is 249 g/mol. The number of nitrogens with zero attached hydrogens (tertiary/aromatic N) is 1. The van der Waals surface area contributed by atoms with Crippen LogP contribution in [0.1, 0.15) is 15.9 Å². The maximum Gasteiger partial charge on any atom is 0.307 e. The Balaban J connectivity index is 2.04. The highest BCUT2D eigenvalue weighted by molar-refractivity contribution is 5.94. The van der Waals surface area contributed by atoms with Crippen molar-refractivity contribution in [2.24, 2.45) is 0 Å².